The predicted molar refractivity (Wildman–Crippen MR) is 357 cm³/mol. The summed E-state index contributed by atoms with van der Waals surface area (Å²) in [5.74, 6) is -0.868. The van der Waals surface area contributed by atoms with Crippen LogP contribution in [-0.4, -0.2) is 37.2 Å². The number of unbranched alkanes of at least 4 members (excludes halogenated alkanes) is 37. The van der Waals surface area contributed by atoms with Crippen molar-refractivity contribution in [2.24, 2.45) is 0 Å². The molecule has 6 nitrogen and oxygen atoms in total. The lowest BCUT2D eigenvalue weighted by atomic mass is 10.0. The lowest BCUT2D eigenvalue weighted by molar-refractivity contribution is -0.167. The molecule has 0 aliphatic heterocycles. The van der Waals surface area contributed by atoms with Gasteiger partial charge in [0.1, 0.15) is 13.2 Å². The summed E-state index contributed by atoms with van der Waals surface area (Å²) in [6.07, 6.45) is 94.5. The van der Waals surface area contributed by atoms with Gasteiger partial charge in [0.25, 0.3) is 0 Å². The summed E-state index contributed by atoms with van der Waals surface area (Å²) in [4.78, 5) is 38.3. The summed E-state index contributed by atoms with van der Waals surface area (Å²) in [5, 5.41) is 0. The maximum atomic E-state index is 12.9. The third-order valence-corrected chi connectivity index (χ3v) is 15.3. The third-order valence-electron chi connectivity index (χ3n) is 15.3. The molecule has 0 rings (SSSR count). The summed E-state index contributed by atoms with van der Waals surface area (Å²) < 4.78 is 16.9. The molecule has 0 amide bonds. The van der Waals surface area contributed by atoms with Crippen LogP contribution < -0.4 is 0 Å². The molecule has 0 bridgehead atoms. The Morgan fingerprint density at radius 2 is 0.476 bits per heavy atom. The highest BCUT2D eigenvalue weighted by Gasteiger charge is 2.19. The van der Waals surface area contributed by atoms with Crippen molar-refractivity contribution in [2.45, 2.75) is 354 Å². The van der Waals surface area contributed by atoms with Gasteiger partial charge in [0, 0.05) is 19.3 Å². The van der Waals surface area contributed by atoms with Gasteiger partial charge >= 0.3 is 17.9 Å². The van der Waals surface area contributed by atoms with Gasteiger partial charge in [0.05, 0.1) is 0 Å². The summed E-state index contributed by atoms with van der Waals surface area (Å²) in [6, 6.07) is 0. The van der Waals surface area contributed by atoms with Gasteiger partial charge in [-0.3, -0.25) is 14.4 Å². The molecule has 0 saturated heterocycles. The van der Waals surface area contributed by atoms with Crippen molar-refractivity contribution in [1.29, 1.82) is 0 Å². The van der Waals surface area contributed by atoms with E-state index in [1.807, 2.05) is 0 Å². The fourth-order valence-corrected chi connectivity index (χ4v) is 10.1. The molecule has 0 aromatic rings. The summed E-state index contributed by atoms with van der Waals surface area (Å²) in [5.41, 5.74) is 0. The number of ether oxygens (including phenoxy) is 3. The minimum absolute atomic E-state index is 0.0748. The van der Waals surface area contributed by atoms with Crippen LogP contribution in [0.15, 0.2) is 97.2 Å². The first-order valence-electron chi connectivity index (χ1n) is 35.2. The highest BCUT2D eigenvalue weighted by Crippen LogP contribution is 2.17. The Bertz CT molecular complexity index is 1590. The van der Waals surface area contributed by atoms with Gasteiger partial charge in [-0.1, -0.05) is 323 Å². The predicted octanol–water partition coefficient (Wildman–Crippen LogP) is 24.4. The highest BCUT2D eigenvalue weighted by molar-refractivity contribution is 5.71. The zero-order chi connectivity index (χ0) is 59.2. The number of allylic oxidation sites excluding steroid dienone is 16. The molecule has 0 heterocycles. The molecule has 0 fully saturated rings. The van der Waals surface area contributed by atoms with Crippen molar-refractivity contribution in [3.8, 4) is 0 Å². The van der Waals surface area contributed by atoms with Crippen LogP contribution in [0.4, 0.5) is 0 Å². The average Bonchev–Trinajstić information content (AvgIpc) is 3.47. The number of carbonyl (C=O) groups excluding carboxylic acids is 3. The number of rotatable bonds is 64. The van der Waals surface area contributed by atoms with Crippen LogP contribution >= 0.6 is 0 Å². The van der Waals surface area contributed by atoms with Crippen molar-refractivity contribution < 1.29 is 28.6 Å². The Labute approximate surface area is 508 Å². The van der Waals surface area contributed by atoms with Crippen molar-refractivity contribution in [3.05, 3.63) is 97.2 Å². The maximum Gasteiger partial charge on any atom is 0.306 e. The molecule has 472 valence electrons. The molecule has 0 saturated carbocycles. The van der Waals surface area contributed by atoms with E-state index in [-0.39, 0.29) is 31.1 Å². The zero-order valence-electron chi connectivity index (χ0n) is 54.2. The average molecular weight is 1140 g/mol. The van der Waals surface area contributed by atoms with E-state index in [1.54, 1.807) is 0 Å². The molecule has 0 radical (unpaired) electrons. The van der Waals surface area contributed by atoms with Gasteiger partial charge in [0.2, 0.25) is 0 Å². The number of carbonyl (C=O) groups is 3. The molecule has 1 unspecified atom stereocenters. The molecule has 0 aromatic carbocycles. The van der Waals surface area contributed by atoms with E-state index in [0.29, 0.717) is 19.3 Å². The maximum absolute atomic E-state index is 12.9. The van der Waals surface area contributed by atoms with Crippen LogP contribution in [0.2, 0.25) is 0 Å². The number of hydrogen-bond donors (Lipinski definition) is 0. The molecular weight excluding hydrogens is 1010 g/mol. The topological polar surface area (TPSA) is 78.9 Å². The van der Waals surface area contributed by atoms with E-state index in [4.69, 9.17) is 14.2 Å². The van der Waals surface area contributed by atoms with Crippen molar-refractivity contribution >= 4 is 17.9 Å². The van der Waals surface area contributed by atoms with Crippen LogP contribution in [0, 0.1) is 0 Å². The van der Waals surface area contributed by atoms with Gasteiger partial charge < -0.3 is 14.2 Å². The molecule has 1 atom stereocenters. The Balaban J connectivity index is 4.12. The van der Waals surface area contributed by atoms with Crippen molar-refractivity contribution in [3.63, 3.8) is 0 Å². The van der Waals surface area contributed by atoms with E-state index in [0.717, 1.165) is 103 Å². The first-order valence-corrected chi connectivity index (χ1v) is 35.2. The van der Waals surface area contributed by atoms with Gasteiger partial charge in [-0.2, -0.15) is 0 Å². The van der Waals surface area contributed by atoms with E-state index < -0.39 is 6.10 Å². The fraction of sp³-hybridized carbons (Fsp3) is 0.750. The minimum atomic E-state index is -0.777. The van der Waals surface area contributed by atoms with Crippen molar-refractivity contribution in [1.82, 2.24) is 0 Å². The van der Waals surface area contributed by atoms with Gasteiger partial charge in [-0.15, -0.1) is 0 Å². The number of esters is 3. The molecule has 0 aliphatic rings. The van der Waals surface area contributed by atoms with Crippen LogP contribution in [0.3, 0.4) is 0 Å². The molecule has 0 N–H and O–H groups in total. The smallest absolute Gasteiger partial charge is 0.306 e. The molecular formula is C76H132O6. The minimum Gasteiger partial charge on any atom is -0.462 e. The monoisotopic (exact) mass is 1140 g/mol. The van der Waals surface area contributed by atoms with Gasteiger partial charge in [0.15, 0.2) is 6.10 Å². The van der Waals surface area contributed by atoms with Gasteiger partial charge in [-0.05, 0) is 103 Å². The standard InChI is InChI=1S/C76H132O6/c1-4-7-10-13-16-19-21-23-25-27-29-31-33-35-37-38-40-41-43-45-47-49-51-53-55-57-60-63-66-69-75(78)81-72-73(71-80-74(77)68-65-62-59-18-15-12-9-6-3)82-76(79)70-67-64-61-58-56-54-52-50-48-46-44-42-39-36-34-32-30-28-26-24-22-20-17-14-11-8-5-2/h7,10,16,19,22-25,28-31,34-37,73H,4-6,8-9,11-15,17-18,20-21,26-27,32-33,38-72H2,1-3H3/b10-7-,19-16-,24-22-,25-23-,30-28-,31-29-,36-34-,37-35-. The Morgan fingerprint density at radius 3 is 0.744 bits per heavy atom. The molecule has 0 spiro atoms. The van der Waals surface area contributed by atoms with E-state index in [2.05, 4.69) is 118 Å². The Morgan fingerprint density at radius 1 is 0.256 bits per heavy atom. The van der Waals surface area contributed by atoms with Crippen molar-refractivity contribution in [2.75, 3.05) is 13.2 Å². The second-order valence-electron chi connectivity index (χ2n) is 23.4. The molecule has 6 heteroatoms. The zero-order valence-corrected chi connectivity index (χ0v) is 54.2. The second-order valence-corrected chi connectivity index (χ2v) is 23.4. The Hall–Kier alpha value is -3.67. The first kappa shape index (κ1) is 78.3. The fourth-order valence-electron chi connectivity index (χ4n) is 10.1. The normalized spacial score (nSPS) is 12.7. The summed E-state index contributed by atoms with van der Waals surface area (Å²) in [6.45, 7) is 6.52. The van der Waals surface area contributed by atoms with Crippen LogP contribution in [0.25, 0.3) is 0 Å². The van der Waals surface area contributed by atoms with E-state index in [9.17, 15) is 14.4 Å². The molecule has 0 aromatic heterocycles. The van der Waals surface area contributed by atoms with Crippen LogP contribution in [0.1, 0.15) is 348 Å². The largest absolute Gasteiger partial charge is 0.462 e. The Kier molecular flexibility index (Phi) is 66.7. The lowest BCUT2D eigenvalue weighted by Crippen LogP contribution is -2.30. The van der Waals surface area contributed by atoms with Crippen LogP contribution in [0.5, 0.6) is 0 Å². The summed E-state index contributed by atoms with van der Waals surface area (Å²) >= 11 is 0. The SMILES string of the molecule is CC/C=C\C/C=C\C/C=C\C/C=C\C/C=C\CCCCCCCCCCCCCCCC(=O)OCC(COC(=O)CCCCCCCCCC)OC(=O)CCCCCCCCCCCCCC/C=C\C/C=C\C/C=C\CCCCCCC. The number of hydrogen-bond acceptors (Lipinski definition) is 6. The highest BCUT2D eigenvalue weighted by atomic mass is 16.6. The molecule has 82 heavy (non-hydrogen) atoms. The third kappa shape index (κ3) is 67.1. The quantitative estimate of drug-likeness (QED) is 0.0261. The summed E-state index contributed by atoms with van der Waals surface area (Å²) in [7, 11) is 0. The van der Waals surface area contributed by atoms with E-state index in [1.165, 1.54) is 205 Å². The van der Waals surface area contributed by atoms with E-state index >= 15 is 0 Å². The van der Waals surface area contributed by atoms with Gasteiger partial charge in [-0.25, -0.2) is 0 Å². The lowest BCUT2D eigenvalue weighted by Gasteiger charge is -2.18. The molecule has 0 aliphatic carbocycles. The first-order chi connectivity index (χ1) is 40.5. The van der Waals surface area contributed by atoms with Crippen LogP contribution in [-0.2, 0) is 28.6 Å². The second kappa shape index (κ2) is 69.8.